The van der Waals surface area contributed by atoms with Gasteiger partial charge in [-0.25, -0.2) is 18.2 Å². The largest absolute Gasteiger partial charge is 0.508 e. The van der Waals surface area contributed by atoms with Gasteiger partial charge >= 0.3 is 6.01 Å². The Morgan fingerprint density at radius 3 is 2.88 bits per heavy atom. The van der Waals surface area contributed by atoms with Crippen LogP contribution in [0.5, 0.6) is 17.6 Å². The highest BCUT2D eigenvalue weighted by atomic mass is 19.1. The van der Waals surface area contributed by atoms with Crippen LogP contribution >= 0.6 is 0 Å². The Morgan fingerprint density at radius 1 is 1.17 bits per heavy atom. The summed E-state index contributed by atoms with van der Waals surface area (Å²) in [5, 5.41) is 15.4. The van der Waals surface area contributed by atoms with E-state index in [9.17, 15) is 9.50 Å². The Balaban J connectivity index is 1.27. The van der Waals surface area contributed by atoms with Gasteiger partial charge in [-0.15, -0.1) is 6.42 Å². The number of rotatable bonds is 5. The molecule has 2 bridgehead atoms. The molecule has 2 aromatic carbocycles. The number of piperazine rings is 1. The molecule has 48 heavy (non-hydrogen) atoms. The topological polar surface area (TPSA) is 95.9 Å². The highest BCUT2D eigenvalue weighted by molar-refractivity contribution is 6.04. The van der Waals surface area contributed by atoms with Crippen LogP contribution in [0.1, 0.15) is 51.0 Å². The summed E-state index contributed by atoms with van der Waals surface area (Å²) >= 11 is 0. The molecule has 248 valence electrons. The molecule has 0 spiro atoms. The van der Waals surface area contributed by atoms with E-state index in [1.807, 2.05) is 6.92 Å². The number of aromatic hydroxyl groups is 1. The van der Waals surface area contributed by atoms with Gasteiger partial charge in [-0.3, -0.25) is 4.90 Å². The fraction of sp³-hybridized carbons (Fsp3) is 0.472. The van der Waals surface area contributed by atoms with Gasteiger partial charge in [0, 0.05) is 42.5 Å². The number of benzene rings is 2. The molecule has 4 saturated heterocycles. The highest BCUT2D eigenvalue weighted by Crippen LogP contribution is 2.47. The summed E-state index contributed by atoms with van der Waals surface area (Å²) in [5.74, 6) is 1.40. The molecule has 0 radical (unpaired) electrons. The number of hydrogen-bond donors (Lipinski definition) is 2. The maximum Gasteiger partial charge on any atom is 0.319 e. The predicted octanol–water partition coefficient (Wildman–Crippen LogP) is 5.25. The third-order valence-corrected chi connectivity index (χ3v) is 11.2. The summed E-state index contributed by atoms with van der Waals surface area (Å²) in [6, 6.07) is 5.70. The molecule has 4 aromatic rings. The van der Waals surface area contributed by atoms with Crippen molar-refractivity contribution in [3.63, 3.8) is 0 Å². The quantitative estimate of drug-likeness (QED) is 0.280. The summed E-state index contributed by atoms with van der Waals surface area (Å²) in [7, 11) is 0. The van der Waals surface area contributed by atoms with Gasteiger partial charge in [-0.1, -0.05) is 18.9 Å². The molecule has 9 rings (SSSR count). The fourth-order valence-corrected chi connectivity index (χ4v) is 9.11. The molecule has 5 aliphatic heterocycles. The van der Waals surface area contributed by atoms with Crippen LogP contribution in [0, 0.1) is 24.0 Å². The van der Waals surface area contributed by atoms with E-state index in [-0.39, 0.29) is 76.2 Å². The molecule has 0 saturated carbocycles. The number of ether oxygens (including phenoxy) is 2. The van der Waals surface area contributed by atoms with Crippen molar-refractivity contribution in [2.75, 3.05) is 31.1 Å². The predicted molar refractivity (Wildman–Crippen MR) is 174 cm³/mol. The molecule has 6 atom stereocenters. The SMILES string of the molecule is C#Cc1c(F)ccc2cc(O)cc(-c3nc4c5c(nc(OC[C@@]67CCCN6C[C@H](F)C7)nc5c3F)N3C[C@H]5CC[C@H](N5)[C@H]3[C@H](CC)O4)c12. The second-order valence-electron chi connectivity index (χ2n) is 13.9. The first-order valence-corrected chi connectivity index (χ1v) is 16.8. The Bertz CT molecular complexity index is 2040. The van der Waals surface area contributed by atoms with Gasteiger partial charge in [0.25, 0.3) is 0 Å². The van der Waals surface area contributed by atoms with Gasteiger partial charge in [0.05, 0.1) is 17.1 Å². The van der Waals surface area contributed by atoms with Crippen LogP contribution < -0.4 is 19.7 Å². The highest BCUT2D eigenvalue weighted by Gasteiger charge is 2.50. The van der Waals surface area contributed by atoms with Crippen molar-refractivity contribution < 1.29 is 27.8 Å². The number of anilines is 1. The normalized spacial score (nSPS) is 29.1. The molecule has 4 fully saturated rings. The summed E-state index contributed by atoms with van der Waals surface area (Å²) in [6.45, 7) is 4.04. The van der Waals surface area contributed by atoms with E-state index < -0.39 is 23.3 Å². The Hall–Kier alpha value is -4.34. The average molecular weight is 657 g/mol. The molecule has 5 aliphatic rings. The van der Waals surface area contributed by atoms with E-state index in [4.69, 9.17) is 25.9 Å². The lowest BCUT2D eigenvalue weighted by atomic mass is 9.95. The van der Waals surface area contributed by atoms with E-state index in [0.717, 1.165) is 32.2 Å². The number of alkyl halides is 1. The van der Waals surface area contributed by atoms with Crippen LogP contribution in [-0.2, 0) is 0 Å². The van der Waals surface area contributed by atoms with Crippen molar-refractivity contribution in [2.45, 2.75) is 81.4 Å². The molecule has 2 aromatic heterocycles. The van der Waals surface area contributed by atoms with Crippen LogP contribution in [-0.4, -0.2) is 87.1 Å². The number of hydrogen-bond acceptors (Lipinski definition) is 9. The van der Waals surface area contributed by atoms with E-state index in [1.54, 1.807) is 0 Å². The summed E-state index contributed by atoms with van der Waals surface area (Å²) in [4.78, 5) is 18.7. The van der Waals surface area contributed by atoms with E-state index >= 15 is 8.78 Å². The minimum absolute atomic E-state index is 0.0151. The van der Waals surface area contributed by atoms with Crippen molar-refractivity contribution in [1.82, 2.24) is 25.2 Å². The second-order valence-corrected chi connectivity index (χ2v) is 13.9. The molecule has 9 nitrogen and oxygen atoms in total. The van der Waals surface area contributed by atoms with Crippen molar-refractivity contribution in [1.29, 1.82) is 0 Å². The van der Waals surface area contributed by atoms with Crippen molar-refractivity contribution in [3.8, 4) is 41.2 Å². The monoisotopic (exact) mass is 656 g/mol. The molecule has 0 amide bonds. The number of pyridine rings is 1. The van der Waals surface area contributed by atoms with Crippen LogP contribution in [0.3, 0.4) is 0 Å². The summed E-state index contributed by atoms with van der Waals surface area (Å²) < 4.78 is 59.8. The first-order chi connectivity index (χ1) is 23.3. The zero-order valence-corrected chi connectivity index (χ0v) is 26.5. The zero-order valence-electron chi connectivity index (χ0n) is 26.5. The number of fused-ring (bicyclic) bond motifs is 7. The number of terminal acetylenes is 1. The van der Waals surface area contributed by atoms with Crippen molar-refractivity contribution in [2.24, 2.45) is 0 Å². The molecule has 2 N–H and O–H groups in total. The Labute approximate surface area is 275 Å². The Morgan fingerprint density at radius 2 is 2.04 bits per heavy atom. The van der Waals surface area contributed by atoms with E-state index in [1.165, 1.54) is 24.3 Å². The summed E-state index contributed by atoms with van der Waals surface area (Å²) in [5.41, 5.74) is -0.682. The van der Waals surface area contributed by atoms with Gasteiger partial charge in [0.2, 0.25) is 5.88 Å². The molecular weight excluding hydrogens is 621 g/mol. The maximum atomic E-state index is 17.2. The number of phenolic OH excluding ortho intramolecular Hbond substituents is 1. The van der Waals surface area contributed by atoms with Crippen molar-refractivity contribution in [3.05, 3.63) is 41.5 Å². The number of aromatic nitrogens is 3. The van der Waals surface area contributed by atoms with Gasteiger partial charge in [0.1, 0.15) is 52.9 Å². The third-order valence-electron chi connectivity index (χ3n) is 11.2. The number of halogens is 3. The maximum absolute atomic E-state index is 17.2. The number of phenols is 1. The third kappa shape index (κ3) is 4.36. The zero-order chi connectivity index (χ0) is 32.9. The van der Waals surface area contributed by atoms with Crippen LogP contribution in [0.2, 0.25) is 0 Å². The molecule has 0 unspecified atom stereocenters. The standard InChI is InChI=1S/C36H35F3N6O3/c1-3-22-24(38)8-6-18-12-21(46)13-23(27(18)22)30-29(39)31-28-33(43-35(42-31)47-17-36-10-5-11-44(36)15-19(37)14-36)45-16-20-7-9-25(40-20)32(45)26(4-2)48-34(28)41-30/h1,6,8,12-13,19-20,25-26,32,40,46H,4-5,7,9-11,14-17H2,2H3/t19-,20-,25+,26+,32+,36+/m1/s1. The van der Waals surface area contributed by atoms with Gasteiger partial charge < -0.3 is 24.8 Å². The average Bonchev–Trinajstić information content (AvgIpc) is 3.71. The Kier molecular flexibility index (Phi) is 6.72. The van der Waals surface area contributed by atoms with Crippen LogP contribution in [0.25, 0.3) is 32.9 Å². The number of nitrogens with one attached hydrogen (secondary N) is 1. The first kappa shape index (κ1) is 29.8. The van der Waals surface area contributed by atoms with E-state index in [0.29, 0.717) is 42.5 Å². The lowest BCUT2D eigenvalue weighted by Gasteiger charge is -2.43. The summed E-state index contributed by atoms with van der Waals surface area (Å²) in [6.07, 6.45) is 9.24. The molecule has 7 heterocycles. The van der Waals surface area contributed by atoms with Gasteiger partial charge in [0.15, 0.2) is 5.82 Å². The van der Waals surface area contributed by atoms with Crippen LogP contribution in [0.15, 0.2) is 24.3 Å². The molecule has 12 heteroatoms. The minimum atomic E-state index is -0.931. The lowest BCUT2D eigenvalue weighted by Crippen LogP contribution is -2.63. The van der Waals surface area contributed by atoms with Gasteiger partial charge in [-0.2, -0.15) is 9.97 Å². The minimum Gasteiger partial charge on any atom is -0.508 e. The van der Waals surface area contributed by atoms with Crippen molar-refractivity contribution >= 4 is 27.5 Å². The first-order valence-electron chi connectivity index (χ1n) is 16.8. The smallest absolute Gasteiger partial charge is 0.319 e. The van der Waals surface area contributed by atoms with Gasteiger partial charge in [-0.05, 0) is 62.2 Å². The molecular formula is C36H35F3N6O3. The molecule has 0 aliphatic carbocycles. The van der Waals surface area contributed by atoms with Crippen LogP contribution in [0.4, 0.5) is 19.0 Å². The lowest BCUT2D eigenvalue weighted by molar-refractivity contribution is 0.107. The number of nitrogens with zero attached hydrogens (tertiary/aromatic N) is 5. The second kappa shape index (κ2) is 10.8. The fourth-order valence-electron chi connectivity index (χ4n) is 9.11. The van der Waals surface area contributed by atoms with E-state index in [2.05, 4.69) is 26.0 Å².